The van der Waals surface area contributed by atoms with Gasteiger partial charge in [0.2, 0.25) is 0 Å². The van der Waals surface area contributed by atoms with E-state index < -0.39 is 0 Å². The number of ether oxygens (including phenoxy) is 2. The van der Waals surface area contributed by atoms with Crippen molar-refractivity contribution >= 4 is 5.97 Å². The van der Waals surface area contributed by atoms with Crippen LogP contribution in [-0.2, 0) is 0 Å². The minimum Gasteiger partial charge on any atom is -0.494 e. The number of esters is 1. The number of aromatic nitrogens is 1. The second-order valence-corrected chi connectivity index (χ2v) is 5.01. The Labute approximate surface area is 131 Å². The Kier molecular flexibility index (Phi) is 6.42. The van der Waals surface area contributed by atoms with Crippen LogP contribution in [0.4, 0.5) is 0 Å². The Bertz CT molecular complexity index is 567. The number of unbranched alkanes of at least 4 members (excludes halogenated alkanes) is 3. The highest BCUT2D eigenvalue weighted by molar-refractivity contribution is 5.91. The van der Waals surface area contributed by atoms with Crippen LogP contribution in [0.5, 0.6) is 11.5 Å². The molecule has 0 saturated heterocycles. The van der Waals surface area contributed by atoms with Crippen LogP contribution in [0.3, 0.4) is 0 Å². The molecule has 1 aromatic heterocycles. The third-order valence-electron chi connectivity index (χ3n) is 3.22. The SMILES string of the molecule is CCCCCCOc1ccc(C(=O)Oc2ccncc2)cc1. The number of carbonyl (C=O) groups excluding carboxylic acids is 1. The smallest absolute Gasteiger partial charge is 0.343 e. The van der Waals surface area contributed by atoms with E-state index in [-0.39, 0.29) is 5.97 Å². The Morgan fingerprint density at radius 1 is 0.955 bits per heavy atom. The largest absolute Gasteiger partial charge is 0.494 e. The molecule has 0 aliphatic rings. The Morgan fingerprint density at radius 2 is 1.68 bits per heavy atom. The average Bonchev–Trinajstić information content (AvgIpc) is 2.56. The van der Waals surface area contributed by atoms with Gasteiger partial charge in [-0.1, -0.05) is 26.2 Å². The van der Waals surface area contributed by atoms with Crippen LogP contribution in [0, 0.1) is 0 Å². The summed E-state index contributed by atoms with van der Waals surface area (Å²) in [7, 11) is 0. The van der Waals surface area contributed by atoms with Crippen molar-refractivity contribution in [2.24, 2.45) is 0 Å². The number of pyridine rings is 1. The highest BCUT2D eigenvalue weighted by Crippen LogP contribution is 2.15. The Balaban J connectivity index is 1.82. The summed E-state index contributed by atoms with van der Waals surface area (Å²) >= 11 is 0. The summed E-state index contributed by atoms with van der Waals surface area (Å²) in [5.74, 6) is 0.869. The third kappa shape index (κ3) is 5.20. The molecule has 1 heterocycles. The van der Waals surface area contributed by atoms with Gasteiger partial charge in [-0.3, -0.25) is 4.98 Å². The quantitative estimate of drug-likeness (QED) is 0.540. The summed E-state index contributed by atoms with van der Waals surface area (Å²) in [6.07, 6.45) is 7.86. The molecule has 116 valence electrons. The van der Waals surface area contributed by atoms with E-state index in [0.717, 1.165) is 12.2 Å². The summed E-state index contributed by atoms with van der Waals surface area (Å²) in [6.45, 7) is 2.89. The Hall–Kier alpha value is -2.36. The molecule has 2 rings (SSSR count). The number of hydrogen-bond acceptors (Lipinski definition) is 4. The van der Waals surface area contributed by atoms with Crippen molar-refractivity contribution in [3.05, 3.63) is 54.4 Å². The van der Waals surface area contributed by atoms with Crippen molar-refractivity contribution in [1.82, 2.24) is 4.98 Å². The number of nitrogens with zero attached hydrogens (tertiary/aromatic N) is 1. The molecule has 0 radical (unpaired) electrons. The maximum Gasteiger partial charge on any atom is 0.343 e. The van der Waals surface area contributed by atoms with Gasteiger partial charge in [0, 0.05) is 12.4 Å². The molecular formula is C18H21NO3. The van der Waals surface area contributed by atoms with Crippen LogP contribution in [0.1, 0.15) is 43.0 Å². The Morgan fingerprint density at radius 3 is 2.36 bits per heavy atom. The number of hydrogen-bond donors (Lipinski definition) is 0. The molecule has 0 aliphatic heterocycles. The molecule has 1 aromatic carbocycles. The zero-order chi connectivity index (χ0) is 15.6. The van der Waals surface area contributed by atoms with E-state index in [1.807, 2.05) is 0 Å². The van der Waals surface area contributed by atoms with E-state index in [0.29, 0.717) is 17.9 Å². The molecule has 0 unspecified atom stereocenters. The second-order valence-electron chi connectivity index (χ2n) is 5.01. The van der Waals surface area contributed by atoms with Gasteiger partial charge in [-0.25, -0.2) is 4.79 Å². The first-order valence-electron chi connectivity index (χ1n) is 7.64. The molecule has 0 atom stereocenters. The van der Waals surface area contributed by atoms with Gasteiger partial charge in [-0.2, -0.15) is 0 Å². The molecule has 22 heavy (non-hydrogen) atoms. The van der Waals surface area contributed by atoms with Crippen molar-refractivity contribution in [3.8, 4) is 11.5 Å². The molecule has 0 bridgehead atoms. The van der Waals surface area contributed by atoms with Crippen LogP contribution < -0.4 is 9.47 Å². The fourth-order valence-electron chi connectivity index (χ4n) is 1.98. The zero-order valence-corrected chi connectivity index (χ0v) is 12.8. The van der Waals surface area contributed by atoms with E-state index in [1.165, 1.54) is 19.3 Å². The summed E-state index contributed by atoms with van der Waals surface area (Å²) < 4.78 is 10.9. The second kappa shape index (κ2) is 8.82. The lowest BCUT2D eigenvalue weighted by atomic mass is 10.2. The van der Waals surface area contributed by atoms with Crippen LogP contribution >= 0.6 is 0 Å². The lowest BCUT2D eigenvalue weighted by Gasteiger charge is -2.07. The van der Waals surface area contributed by atoms with Crippen molar-refractivity contribution in [2.45, 2.75) is 32.6 Å². The van der Waals surface area contributed by atoms with Gasteiger partial charge in [0.15, 0.2) is 0 Å². The van der Waals surface area contributed by atoms with Gasteiger partial charge in [0.1, 0.15) is 11.5 Å². The summed E-state index contributed by atoms with van der Waals surface area (Å²) in [4.78, 5) is 15.9. The minimum absolute atomic E-state index is 0.388. The van der Waals surface area contributed by atoms with E-state index in [1.54, 1.807) is 48.8 Å². The van der Waals surface area contributed by atoms with Gasteiger partial charge in [-0.15, -0.1) is 0 Å². The molecule has 0 fully saturated rings. The molecule has 0 saturated carbocycles. The maximum atomic E-state index is 12.0. The fraction of sp³-hybridized carbons (Fsp3) is 0.333. The molecule has 0 aliphatic carbocycles. The number of benzene rings is 1. The minimum atomic E-state index is -0.388. The van der Waals surface area contributed by atoms with Crippen molar-refractivity contribution < 1.29 is 14.3 Å². The van der Waals surface area contributed by atoms with Crippen LogP contribution in [0.15, 0.2) is 48.8 Å². The van der Waals surface area contributed by atoms with E-state index in [9.17, 15) is 4.79 Å². The third-order valence-corrected chi connectivity index (χ3v) is 3.22. The first-order valence-corrected chi connectivity index (χ1v) is 7.64. The van der Waals surface area contributed by atoms with E-state index >= 15 is 0 Å². The molecule has 0 spiro atoms. The lowest BCUT2D eigenvalue weighted by Crippen LogP contribution is -2.08. The molecule has 4 nitrogen and oxygen atoms in total. The van der Waals surface area contributed by atoms with Gasteiger partial charge in [0.25, 0.3) is 0 Å². The highest BCUT2D eigenvalue weighted by Gasteiger charge is 2.08. The molecule has 4 heteroatoms. The zero-order valence-electron chi connectivity index (χ0n) is 12.8. The predicted octanol–water partition coefficient (Wildman–Crippen LogP) is 4.26. The monoisotopic (exact) mass is 299 g/mol. The normalized spacial score (nSPS) is 10.2. The van der Waals surface area contributed by atoms with Crippen molar-refractivity contribution in [1.29, 1.82) is 0 Å². The summed E-state index contributed by atoms with van der Waals surface area (Å²) in [5, 5.41) is 0. The van der Waals surface area contributed by atoms with E-state index in [2.05, 4.69) is 11.9 Å². The van der Waals surface area contributed by atoms with Crippen molar-refractivity contribution in [3.63, 3.8) is 0 Å². The van der Waals surface area contributed by atoms with Crippen LogP contribution in [0.25, 0.3) is 0 Å². The van der Waals surface area contributed by atoms with E-state index in [4.69, 9.17) is 9.47 Å². The molecule has 0 N–H and O–H groups in total. The van der Waals surface area contributed by atoms with Gasteiger partial charge in [0.05, 0.1) is 12.2 Å². The first-order chi connectivity index (χ1) is 10.8. The van der Waals surface area contributed by atoms with Gasteiger partial charge >= 0.3 is 5.97 Å². The topological polar surface area (TPSA) is 48.4 Å². The average molecular weight is 299 g/mol. The van der Waals surface area contributed by atoms with Crippen LogP contribution in [-0.4, -0.2) is 17.6 Å². The molecule has 0 amide bonds. The summed E-state index contributed by atoms with van der Waals surface area (Å²) in [6, 6.07) is 10.3. The number of rotatable bonds is 8. The van der Waals surface area contributed by atoms with Crippen molar-refractivity contribution in [2.75, 3.05) is 6.61 Å². The lowest BCUT2D eigenvalue weighted by molar-refractivity contribution is 0.0734. The van der Waals surface area contributed by atoms with Gasteiger partial charge < -0.3 is 9.47 Å². The maximum absolute atomic E-state index is 12.0. The number of carbonyl (C=O) groups is 1. The van der Waals surface area contributed by atoms with Gasteiger partial charge in [-0.05, 0) is 42.8 Å². The highest BCUT2D eigenvalue weighted by atomic mass is 16.5. The van der Waals surface area contributed by atoms with Crippen LogP contribution in [0.2, 0.25) is 0 Å². The first kappa shape index (κ1) is 16.0. The summed E-state index contributed by atoms with van der Waals surface area (Å²) in [5.41, 5.74) is 0.496. The molecule has 2 aromatic rings. The predicted molar refractivity (Wildman–Crippen MR) is 85.3 cm³/mol. The standard InChI is InChI=1S/C18H21NO3/c1-2-3-4-5-14-21-16-8-6-15(7-9-16)18(20)22-17-10-12-19-13-11-17/h6-13H,2-5,14H2,1H3. The fourth-order valence-corrected chi connectivity index (χ4v) is 1.98. The molecular weight excluding hydrogens is 278 g/mol.